The molecule has 3 heterocycles. The molecule has 1 amide bonds. The molecule has 5 rings (SSSR count). The number of carbonyl (C=O) groups excluding carboxylic acids is 1. The number of aromatic nitrogens is 3. The zero-order valence-corrected chi connectivity index (χ0v) is 22.2. The number of hydrogen-bond acceptors (Lipinski definition) is 7. The van der Waals surface area contributed by atoms with E-state index in [2.05, 4.69) is 15.8 Å². The van der Waals surface area contributed by atoms with Gasteiger partial charge in [0.2, 0.25) is 0 Å². The summed E-state index contributed by atoms with van der Waals surface area (Å²) in [6, 6.07) is 11.8. The number of pyridine rings is 2. The van der Waals surface area contributed by atoms with Gasteiger partial charge in [-0.15, -0.1) is 0 Å². The van der Waals surface area contributed by atoms with Crippen LogP contribution in [0.2, 0.25) is 0 Å². The second-order valence-corrected chi connectivity index (χ2v) is 9.99. The molecule has 1 aliphatic rings. The molecule has 0 radical (unpaired) electrons. The molecule has 3 aromatic heterocycles. The number of rotatable bonds is 9. The number of amides is 1. The number of aryl methyl sites for hydroxylation is 2. The third kappa shape index (κ3) is 5.20. The molecule has 8 nitrogen and oxygen atoms in total. The monoisotopic (exact) mass is 498 g/mol. The van der Waals surface area contributed by atoms with Crippen molar-refractivity contribution in [3.63, 3.8) is 0 Å². The van der Waals surface area contributed by atoms with Gasteiger partial charge in [0.05, 0.1) is 46.1 Å². The number of carbonyl (C=O) groups is 1. The molecular weight excluding hydrogens is 464 g/mol. The Morgan fingerprint density at radius 2 is 1.86 bits per heavy atom. The first-order valence-corrected chi connectivity index (χ1v) is 12.8. The van der Waals surface area contributed by atoms with E-state index < -0.39 is 0 Å². The predicted molar refractivity (Wildman–Crippen MR) is 146 cm³/mol. The quantitative estimate of drug-likeness (QED) is 0.314. The molecule has 1 aromatic carbocycles. The van der Waals surface area contributed by atoms with Gasteiger partial charge in [-0.25, -0.2) is 9.97 Å². The summed E-state index contributed by atoms with van der Waals surface area (Å²) in [4.78, 5) is 25.2. The predicted octanol–water partition coefficient (Wildman–Crippen LogP) is 4.99. The molecule has 2 N–H and O–H groups in total. The van der Waals surface area contributed by atoms with Gasteiger partial charge in [0.1, 0.15) is 0 Å². The van der Waals surface area contributed by atoms with Crippen molar-refractivity contribution in [1.82, 2.24) is 25.3 Å². The second kappa shape index (κ2) is 10.3. The Labute approximate surface area is 217 Å². The number of benzene rings is 1. The molecule has 192 valence electrons. The molecule has 0 bridgehead atoms. The Morgan fingerprint density at radius 1 is 1.05 bits per heavy atom. The van der Waals surface area contributed by atoms with E-state index in [1.807, 2.05) is 64.2 Å². The van der Waals surface area contributed by atoms with Crippen molar-refractivity contribution in [2.75, 3.05) is 32.5 Å². The van der Waals surface area contributed by atoms with E-state index in [0.29, 0.717) is 23.7 Å². The summed E-state index contributed by atoms with van der Waals surface area (Å²) < 4.78 is 5.64. The lowest BCUT2D eigenvalue weighted by Crippen LogP contribution is -2.26. The van der Waals surface area contributed by atoms with Crippen LogP contribution in [0.1, 0.15) is 57.4 Å². The van der Waals surface area contributed by atoms with Crippen molar-refractivity contribution in [3.05, 3.63) is 70.2 Å². The minimum Gasteiger partial charge on any atom is -0.382 e. The third-order valence-corrected chi connectivity index (χ3v) is 6.98. The summed E-state index contributed by atoms with van der Waals surface area (Å²) in [5, 5.41) is 11.6. The summed E-state index contributed by atoms with van der Waals surface area (Å²) >= 11 is 0. The molecule has 1 fully saturated rings. The fraction of sp³-hybridized carbons (Fsp3) is 0.379. The van der Waals surface area contributed by atoms with Gasteiger partial charge in [-0.3, -0.25) is 4.79 Å². The molecular formula is C29H34N6O2. The Bertz CT molecular complexity index is 1460. The summed E-state index contributed by atoms with van der Waals surface area (Å²) in [5.41, 5.74) is 7.81. The second-order valence-electron chi connectivity index (χ2n) is 9.99. The number of nitrogens with zero attached hydrogens (tertiary/aromatic N) is 4. The fourth-order valence-electron chi connectivity index (χ4n) is 4.62. The highest BCUT2D eigenvalue weighted by Crippen LogP contribution is 2.41. The molecule has 0 spiro atoms. The minimum absolute atomic E-state index is 0.0925. The van der Waals surface area contributed by atoms with Crippen molar-refractivity contribution < 1.29 is 9.32 Å². The van der Waals surface area contributed by atoms with Crippen LogP contribution in [0.5, 0.6) is 0 Å². The Kier molecular flexibility index (Phi) is 6.93. The van der Waals surface area contributed by atoms with Crippen LogP contribution in [-0.2, 0) is 6.54 Å². The maximum absolute atomic E-state index is 13.8. The van der Waals surface area contributed by atoms with Gasteiger partial charge in [0, 0.05) is 37.0 Å². The van der Waals surface area contributed by atoms with Crippen LogP contribution in [0.25, 0.3) is 22.3 Å². The molecule has 0 saturated heterocycles. The number of likely N-dealkylation sites (N-methyl/N-ethyl adjacent to an activating group) is 1. The van der Waals surface area contributed by atoms with E-state index in [9.17, 15) is 4.79 Å². The van der Waals surface area contributed by atoms with Gasteiger partial charge >= 0.3 is 0 Å². The number of hydrogen-bond donors (Lipinski definition) is 2. The number of fused-ring (bicyclic) bond motifs is 1. The van der Waals surface area contributed by atoms with Crippen molar-refractivity contribution >= 4 is 22.5 Å². The Morgan fingerprint density at radius 3 is 2.59 bits per heavy atom. The van der Waals surface area contributed by atoms with Gasteiger partial charge in [0.25, 0.3) is 5.91 Å². The van der Waals surface area contributed by atoms with E-state index in [0.717, 1.165) is 76.5 Å². The van der Waals surface area contributed by atoms with E-state index in [1.54, 1.807) is 11.9 Å². The van der Waals surface area contributed by atoms with Gasteiger partial charge < -0.3 is 20.1 Å². The number of nitrogens with one attached hydrogen (secondary N) is 2. The normalized spacial score (nSPS) is 13.2. The fourth-order valence-corrected chi connectivity index (χ4v) is 4.62. The smallest absolute Gasteiger partial charge is 0.254 e. The molecule has 1 aliphatic carbocycles. The van der Waals surface area contributed by atoms with Gasteiger partial charge in [0.15, 0.2) is 5.76 Å². The van der Waals surface area contributed by atoms with E-state index >= 15 is 0 Å². The maximum Gasteiger partial charge on any atom is 0.254 e. The first-order chi connectivity index (χ1) is 17.9. The van der Waals surface area contributed by atoms with E-state index in [1.165, 1.54) is 0 Å². The lowest BCUT2D eigenvalue weighted by Gasteiger charge is -2.18. The first-order valence-electron chi connectivity index (χ1n) is 12.8. The minimum atomic E-state index is -0.0925. The van der Waals surface area contributed by atoms with E-state index in [-0.39, 0.29) is 5.91 Å². The molecule has 8 heteroatoms. The molecule has 4 aromatic rings. The zero-order chi connectivity index (χ0) is 26.1. The van der Waals surface area contributed by atoms with Crippen LogP contribution in [0.4, 0.5) is 5.69 Å². The van der Waals surface area contributed by atoms with Gasteiger partial charge in [-0.1, -0.05) is 16.8 Å². The van der Waals surface area contributed by atoms with E-state index in [4.69, 9.17) is 14.5 Å². The lowest BCUT2D eigenvalue weighted by atomic mass is 10.0. The van der Waals surface area contributed by atoms with Crippen molar-refractivity contribution in [2.45, 2.75) is 46.1 Å². The molecule has 0 atom stereocenters. The molecule has 0 aliphatic heterocycles. The summed E-state index contributed by atoms with van der Waals surface area (Å²) in [7, 11) is 3.73. The maximum atomic E-state index is 13.8. The third-order valence-electron chi connectivity index (χ3n) is 6.98. The summed E-state index contributed by atoms with van der Waals surface area (Å²) in [5.74, 6) is 1.16. The van der Waals surface area contributed by atoms with Crippen molar-refractivity contribution in [1.29, 1.82) is 0 Å². The van der Waals surface area contributed by atoms with Crippen LogP contribution in [0.3, 0.4) is 0 Å². The summed E-state index contributed by atoms with van der Waals surface area (Å²) in [6.07, 6.45) is 2.32. The SMILES string of the molecule is CNCCNc1ccc(-c2cc(C(=O)N(C)Cc3onc(C4CC4)c3C)c3cc(C)ccc3n2)nc1C. The Balaban J connectivity index is 1.48. The first kappa shape index (κ1) is 24.9. The van der Waals surface area contributed by atoms with Gasteiger partial charge in [-0.2, -0.15) is 0 Å². The zero-order valence-electron chi connectivity index (χ0n) is 22.2. The average molecular weight is 499 g/mol. The Hall–Kier alpha value is -3.78. The van der Waals surface area contributed by atoms with Gasteiger partial charge in [-0.05, 0) is 71.0 Å². The molecule has 37 heavy (non-hydrogen) atoms. The van der Waals surface area contributed by atoms with Crippen LogP contribution in [0, 0.1) is 20.8 Å². The lowest BCUT2D eigenvalue weighted by molar-refractivity contribution is 0.0774. The molecule has 1 saturated carbocycles. The highest BCUT2D eigenvalue weighted by molar-refractivity contribution is 6.07. The van der Waals surface area contributed by atoms with Crippen LogP contribution in [0.15, 0.2) is 40.9 Å². The highest BCUT2D eigenvalue weighted by atomic mass is 16.5. The largest absolute Gasteiger partial charge is 0.382 e. The van der Waals surface area contributed by atoms with Crippen LogP contribution < -0.4 is 10.6 Å². The van der Waals surface area contributed by atoms with Crippen LogP contribution in [-0.4, -0.2) is 53.1 Å². The average Bonchev–Trinajstić information content (AvgIpc) is 3.67. The summed E-state index contributed by atoms with van der Waals surface area (Å²) in [6.45, 7) is 8.07. The van der Waals surface area contributed by atoms with Crippen molar-refractivity contribution in [2.24, 2.45) is 0 Å². The van der Waals surface area contributed by atoms with Crippen LogP contribution >= 0.6 is 0 Å². The van der Waals surface area contributed by atoms with Crippen molar-refractivity contribution in [3.8, 4) is 11.4 Å². The molecule has 0 unspecified atom stereocenters. The highest BCUT2D eigenvalue weighted by Gasteiger charge is 2.30. The topological polar surface area (TPSA) is 96.2 Å². The number of anilines is 1. The standard InChI is InChI=1S/C29H34N6O2/c1-17-6-9-24-21(14-17)22(29(36)35(5)16-27-18(2)28(34-37-27)20-7-8-20)15-26(33-24)25-11-10-23(19(3)32-25)31-13-12-30-4/h6,9-11,14-15,20,30-31H,7-8,12-13,16H2,1-5H3.